The van der Waals surface area contributed by atoms with E-state index in [4.69, 9.17) is 0 Å². The third-order valence-corrected chi connectivity index (χ3v) is 2.24. The molecule has 0 amide bonds. The van der Waals surface area contributed by atoms with Gasteiger partial charge in [0.05, 0.1) is 5.69 Å². The smallest absolute Gasteiger partial charge is 0.0629 e. The van der Waals surface area contributed by atoms with Gasteiger partial charge in [-0.2, -0.15) is 0 Å². The van der Waals surface area contributed by atoms with Gasteiger partial charge in [0.1, 0.15) is 0 Å². The Morgan fingerprint density at radius 3 is 2.53 bits per heavy atom. The third-order valence-electron chi connectivity index (χ3n) is 2.24. The highest BCUT2D eigenvalue weighted by atomic mass is 14.7. The zero-order chi connectivity index (χ0) is 10.9. The molecule has 0 heterocycles. The number of hydrogen-bond acceptors (Lipinski definition) is 1. The van der Waals surface area contributed by atoms with Crippen LogP contribution in [0.15, 0.2) is 47.0 Å². The van der Waals surface area contributed by atoms with Gasteiger partial charge in [-0.15, -0.1) is 0 Å². The number of nitrogens with zero attached hydrogens (tertiary/aromatic N) is 1. The Labute approximate surface area is 92.6 Å². The number of benzene rings is 1. The van der Waals surface area contributed by atoms with Gasteiger partial charge in [-0.3, -0.25) is 4.99 Å². The Morgan fingerprint density at radius 2 is 1.93 bits per heavy atom. The second-order valence-corrected chi connectivity index (χ2v) is 3.52. The summed E-state index contributed by atoms with van der Waals surface area (Å²) in [5.74, 6) is 0. The van der Waals surface area contributed by atoms with Gasteiger partial charge in [-0.1, -0.05) is 44.5 Å². The molecule has 0 saturated carbocycles. The Kier molecular flexibility index (Phi) is 5.46. The maximum atomic E-state index is 4.44. The van der Waals surface area contributed by atoms with Crippen LogP contribution in [-0.4, -0.2) is 6.21 Å². The third kappa shape index (κ3) is 4.59. The first kappa shape index (κ1) is 11.7. The molecule has 1 heteroatoms. The minimum absolute atomic E-state index is 1.02. The largest absolute Gasteiger partial charge is 0.257 e. The van der Waals surface area contributed by atoms with E-state index in [1.807, 2.05) is 36.5 Å². The zero-order valence-corrected chi connectivity index (χ0v) is 9.61. The van der Waals surface area contributed by atoms with Gasteiger partial charge >= 0.3 is 0 Å². The summed E-state index contributed by atoms with van der Waals surface area (Å²) in [6.45, 7) is 4.36. The normalized spacial score (nSPS) is 12.3. The van der Waals surface area contributed by atoms with Gasteiger partial charge in [-0.05, 0) is 30.5 Å². The molecule has 80 valence electrons. The molecule has 0 aliphatic heterocycles. The molecule has 1 aromatic carbocycles. The van der Waals surface area contributed by atoms with Crippen LogP contribution < -0.4 is 0 Å². The Bertz CT molecular complexity index is 322. The van der Waals surface area contributed by atoms with E-state index < -0.39 is 0 Å². The van der Waals surface area contributed by atoms with Crippen LogP contribution in [0.1, 0.15) is 33.1 Å². The fraction of sp³-hybridized carbons (Fsp3) is 0.357. The first-order valence-electron chi connectivity index (χ1n) is 5.65. The molecule has 0 radical (unpaired) electrons. The molecule has 1 aromatic rings. The molecule has 0 unspecified atom stereocenters. The van der Waals surface area contributed by atoms with Crippen molar-refractivity contribution >= 4 is 11.9 Å². The van der Waals surface area contributed by atoms with Crippen LogP contribution >= 0.6 is 0 Å². The van der Waals surface area contributed by atoms with E-state index in [0.29, 0.717) is 0 Å². The first-order valence-corrected chi connectivity index (χ1v) is 5.65. The highest BCUT2D eigenvalue weighted by molar-refractivity contribution is 5.80. The average molecular weight is 201 g/mol. The molecular formula is C14H19N. The lowest BCUT2D eigenvalue weighted by Crippen LogP contribution is -1.82. The van der Waals surface area contributed by atoms with Crippen molar-refractivity contribution in [2.24, 2.45) is 4.99 Å². The zero-order valence-electron chi connectivity index (χ0n) is 9.61. The Balaban J connectivity index is 2.63. The van der Waals surface area contributed by atoms with E-state index >= 15 is 0 Å². The summed E-state index contributed by atoms with van der Waals surface area (Å²) in [6, 6.07) is 10.1. The van der Waals surface area contributed by atoms with Crippen molar-refractivity contribution in [3.05, 3.63) is 42.0 Å². The predicted molar refractivity (Wildman–Crippen MR) is 67.9 cm³/mol. The average Bonchev–Trinajstić information content (AvgIpc) is 2.31. The number of rotatable bonds is 5. The Hall–Kier alpha value is -1.37. The predicted octanol–water partition coefficient (Wildman–Crippen LogP) is 4.53. The number of para-hydroxylation sites is 1. The van der Waals surface area contributed by atoms with Crippen LogP contribution in [0.5, 0.6) is 0 Å². The summed E-state index contributed by atoms with van der Waals surface area (Å²) in [6.07, 6.45) is 7.64. The van der Waals surface area contributed by atoms with E-state index in [1.165, 1.54) is 12.0 Å². The van der Waals surface area contributed by atoms with E-state index in [2.05, 4.69) is 24.9 Å². The van der Waals surface area contributed by atoms with Gasteiger partial charge in [0.2, 0.25) is 0 Å². The van der Waals surface area contributed by atoms with Gasteiger partial charge < -0.3 is 0 Å². The van der Waals surface area contributed by atoms with Crippen molar-refractivity contribution in [1.82, 2.24) is 0 Å². The van der Waals surface area contributed by atoms with Crippen molar-refractivity contribution in [3.8, 4) is 0 Å². The second-order valence-electron chi connectivity index (χ2n) is 3.52. The monoisotopic (exact) mass is 201 g/mol. The van der Waals surface area contributed by atoms with E-state index in [9.17, 15) is 0 Å². The topological polar surface area (TPSA) is 12.4 Å². The lowest BCUT2D eigenvalue weighted by Gasteiger charge is -1.96. The summed E-state index contributed by atoms with van der Waals surface area (Å²) >= 11 is 0. The van der Waals surface area contributed by atoms with Crippen LogP contribution in [0, 0.1) is 0 Å². The minimum Gasteiger partial charge on any atom is -0.257 e. The van der Waals surface area contributed by atoms with E-state index in [1.54, 1.807) is 0 Å². The van der Waals surface area contributed by atoms with Gasteiger partial charge in [-0.25, -0.2) is 0 Å². The second kappa shape index (κ2) is 6.99. The van der Waals surface area contributed by atoms with Crippen molar-refractivity contribution < 1.29 is 0 Å². The number of unbranched alkanes of at least 4 members (excludes halogenated alkanes) is 1. The molecule has 0 aromatic heterocycles. The van der Waals surface area contributed by atoms with Crippen molar-refractivity contribution in [3.63, 3.8) is 0 Å². The van der Waals surface area contributed by atoms with E-state index in [0.717, 1.165) is 18.5 Å². The molecule has 0 saturated heterocycles. The number of hydrogen-bond donors (Lipinski definition) is 0. The van der Waals surface area contributed by atoms with Crippen LogP contribution in [0.3, 0.4) is 0 Å². The molecule has 0 bridgehead atoms. The SMILES string of the molecule is CCCC=C(C=Nc1ccccc1)CC. The van der Waals surface area contributed by atoms with Gasteiger partial charge in [0, 0.05) is 6.21 Å². The van der Waals surface area contributed by atoms with Crippen LogP contribution in [0.4, 0.5) is 5.69 Å². The number of aliphatic imine (C=N–C) groups is 1. The van der Waals surface area contributed by atoms with Crippen molar-refractivity contribution in [2.45, 2.75) is 33.1 Å². The van der Waals surface area contributed by atoms with E-state index in [-0.39, 0.29) is 0 Å². The highest BCUT2D eigenvalue weighted by Gasteiger charge is 1.89. The molecule has 0 aliphatic carbocycles. The number of allylic oxidation sites excluding steroid dienone is 2. The standard InChI is InChI=1S/C14H19N/c1-3-5-9-13(4-2)12-15-14-10-7-6-8-11-14/h6-12H,3-5H2,1-2H3. The fourth-order valence-corrected chi connectivity index (χ4v) is 1.29. The molecule has 0 spiro atoms. The lowest BCUT2D eigenvalue weighted by molar-refractivity contribution is 0.946. The maximum absolute atomic E-state index is 4.44. The quantitative estimate of drug-likeness (QED) is 0.621. The molecule has 0 atom stereocenters. The maximum Gasteiger partial charge on any atom is 0.0629 e. The van der Waals surface area contributed by atoms with Crippen LogP contribution in [0.2, 0.25) is 0 Å². The van der Waals surface area contributed by atoms with Crippen LogP contribution in [0.25, 0.3) is 0 Å². The summed E-state index contributed by atoms with van der Waals surface area (Å²) < 4.78 is 0. The fourth-order valence-electron chi connectivity index (χ4n) is 1.29. The highest BCUT2D eigenvalue weighted by Crippen LogP contribution is 2.10. The summed E-state index contributed by atoms with van der Waals surface area (Å²) in [7, 11) is 0. The molecule has 1 rings (SSSR count). The first-order chi connectivity index (χ1) is 7.36. The lowest BCUT2D eigenvalue weighted by atomic mass is 10.1. The van der Waals surface area contributed by atoms with Gasteiger partial charge in [0.15, 0.2) is 0 Å². The molecule has 15 heavy (non-hydrogen) atoms. The van der Waals surface area contributed by atoms with Crippen molar-refractivity contribution in [2.75, 3.05) is 0 Å². The van der Waals surface area contributed by atoms with Crippen molar-refractivity contribution in [1.29, 1.82) is 0 Å². The van der Waals surface area contributed by atoms with Gasteiger partial charge in [0.25, 0.3) is 0 Å². The molecule has 1 nitrogen and oxygen atoms in total. The summed E-state index contributed by atoms with van der Waals surface area (Å²) in [5.41, 5.74) is 2.34. The molecule has 0 fully saturated rings. The molecule has 0 aliphatic rings. The van der Waals surface area contributed by atoms with Crippen LogP contribution in [-0.2, 0) is 0 Å². The summed E-state index contributed by atoms with van der Waals surface area (Å²) in [4.78, 5) is 4.44. The minimum atomic E-state index is 1.02. The molecular weight excluding hydrogens is 182 g/mol. The molecule has 0 N–H and O–H groups in total. The Morgan fingerprint density at radius 1 is 1.20 bits per heavy atom. The summed E-state index contributed by atoms with van der Waals surface area (Å²) in [5, 5.41) is 0.